The van der Waals surface area contributed by atoms with Crippen LogP contribution < -0.4 is 10.1 Å². The zero-order valence-electron chi connectivity index (χ0n) is 12.3. The van der Waals surface area contributed by atoms with E-state index >= 15 is 0 Å². The molecule has 6 nitrogen and oxygen atoms in total. The molecule has 0 fully saturated rings. The highest BCUT2D eigenvalue weighted by Crippen LogP contribution is 2.38. The lowest BCUT2D eigenvalue weighted by Gasteiger charge is -2.16. The van der Waals surface area contributed by atoms with Gasteiger partial charge < -0.3 is 15.2 Å². The van der Waals surface area contributed by atoms with Crippen LogP contribution in [0.3, 0.4) is 0 Å². The zero-order valence-corrected chi connectivity index (χ0v) is 12.3. The minimum atomic E-state index is -4.98. The average molecular weight is 366 g/mol. The van der Waals surface area contributed by atoms with E-state index in [2.05, 4.69) is 10.1 Å². The zero-order chi connectivity index (χ0) is 18.8. The Morgan fingerprint density at radius 3 is 2.48 bits per heavy atom. The molecule has 0 atom stereocenters. The van der Waals surface area contributed by atoms with Gasteiger partial charge in [-0.2, -0.15) is 22.0 Å². The first-order chi connectivity index (χ1) is 11.6. The molecule has 1 aliphatic rings. The number of hydrogen-bond donors (Lipinski definition) is 2. The third kappa shape index (κ3) is 4.24. The smallest absolute Gasteiger partial charge is 0.420 e. The number of anilines is 1. The molecule has 0 bridgehead atoms. The predicted octanol–water partition coefficient (Wildman–Crippen LogP) is 1.96. The Morgan fingerprint density at radius 1 is 1.24 bits per heavy atom. The standard InChI is InChI=1S/C14H11F5N2O4/c15-13(16)25-10-2-1-7(5-8(10)14(17,18)19)20-9-6-11(23)21(3-4-22)12(9)24/h1-2,5-6,13,20,22H,3-4H2. The third-order valence-electron chi connectivity index (χ3n) is 3.11. The van der Waals surface area contributed by atoms with E-state index in [1.54, 1.807) is 0 Å². The topological polar surface area (TPSA) is 78.9 Å². The van der Waals surface area contributed by atoms with E-state index in [0.29, 0.717) is 17.0 Å². The molecule has 136 valence electrons. The van der Waals surface area contributed by atoms with Crippen LogP contribution in [0.25, 0.3) is 0 Å². The minimum Gasteiger partial charge on any atom is -0.434 e. The van der Waals surface area contributed by atoms with Gasteiger partial charge in [0.05, 0.1) is 18.7 Å². The molecule has 0 unspecified atom stereocenters. The van der Waals surface area contributed by atoms with E-state index in [4.69, 9.17) is 5.11 Å². The van der Waals surface area contributed by atoms with Crippen LogP contribution in [0.2, 0.25) is 0 Å². The summed E-state index contributed by atoms with van der Waals surface area (Å²) in [5.41, 5.74) is -2.04. The number of imide groups is 1. The van der Waals surface area contributed by atoms with Crippen molar-refractivity contribution in [3.8, 4) is 5.75 Å². The summed E-state index contributed by atoms with van der Waals surface area (Å²) in [7, 11) is 0. The lowest BCUT2D eigenvalue weighted by molar-refractivity contribution is -0.142. The van der Waals surface area contributed by atoms with Crippen molar-refractivity contribution < 1.29 is 41.4 Å². The number of benzene rings is 1. The molecule has 1 aliphatic heterocycles. The van der Waals surface area contributed by atoms with Crippen molar-refractivity contribution in [2.24, 2.45) is 0 Å². The highest BCUT2D eigenvalue weighted by atomic mass is 19.4. The number of ether oxygens (including phenoxy) is 1. The predicted molar refractivity (Wildman–Crippen MR) is 73.6 cm³/mol. The number of carbonyl (C=O) groups is 2. The Labute approximate surface area is 137 Å². The molecule has 2 rings (SSSR count). The summed E-state index contributed by atoms with van der Waals surface area (Å²) >= 11 is 0. The maximum atomic E-state index is 13.0. The summed E-state index contributed by atoms with van der Waals surface area (Å²) in [6, 6.07) is 2.13. The molecule has 0 saturated carbocycles. The van der Waals surface area contributed by atoms with Crippen LogP contribution in [0.15, 0.2) is 30.0 Å². The van der Waals surface area contributed by atoms with E-state index in [1.807, 2.05) is 0 Å². The van der Waals surface area contributed by atoms with Crippen LogP contribution in [0.1, 0.15) is 5.56 Å². The second kappa shape index (κ2) is 7.05. The van der Waals surface area contributed by atoms with Gasteiger partial charge >= 0.3 is 12.8 Å². The van der Waals surface area contributed by atoms with E-state index < -0.39 is 42.5 Å². The SMILES string of the molecule is O=C1C=C(Nc2ccc(OC(F)F)c(C(F)(F)F)c2)C(=O)N1CCO. The van der Waals surface area contributed by atoms with Crippen molar-refractivity contribution in [2.45, 2.75) is 12.8 Å². The largest absolute Gasteiger partial charge is 0.434 e. The number of aliphatic hydroxyl groups excluding tert-OH is 1. The number of alkyl halides is 5. The summed E-state index contributed by atoms with van der Waals surface area (Å²) in [4.78, 5) is 24.2. The Hall–Kier alpha value is -2.69. The fourth-order valence-electron chi connectivity index (χ4n) is 2.09. The van der Waals surface area contributed by atoms with Gasteiger partial charge in [-0.05, 0) is 18.2 Å². The number of rotatable bonds is 6. The minimum absolute atomic E-state index is 0.257. The van der Waals surface area contributed by atoms with Crippen LogP contribution in [0.5, 0.6) is 5.75 Å². The highest BCUT2D eigenvalue weighted by Gasteiger charge is 2.36. The molecular weight excluding hydrogens is 355 g/mol. The molecule has 0 aliphatic carbocycles. The van der Waals surface area contributed by atoms with E-state index in [9.17, 15) is 31.5 Å². The van der Waals surface area contributed by atoms with Crippen molar-refractivity contribution in [2.75, 3.05) is 18.5 Å². The fourth-order valence-corrected chi connectivity index (χ4v) is 2.09. The lowest BCUT2D eigenvalue weighted by Crippen LogP contribution is -2.34. The van der Waals surface area contributed by atoms with Crippen LogP contribution in [-0.2, 0) is 15.8 Å². The lowest BCUT2D eigenvalue weighted by atomic mass is 10.1. The second-order valence-corrected chi connectivity index (χ2v) is 4.79. The normalized spacial score (nSPS) is 15.0. The molecule has 0 spiro atoms. The summed E-state index contributed by atoms with van der Waals surface area (Å²) < 4.78 is 67.1. The number of hydrogen-bond acceptors (Lipinski definition) is 5. The van der Waals surface area contributed by atoms with E-state index in [0.717, 1.165) is 12.1 Å². The average Bonchev–Trinajstić information content (AvgIpc) is 2.75. The quantitative estimate of drug-likeness (QED) is 0.595. The number of carbonyl (C=O) groups excluding carboxylic acids is 2. The van der Waals surface area contributed by atoms with Crippen molar-refractivity contribution in [1.29, 1.82) is 0 Å². The maximum absolute atomic E-state index is 13.0. The number of halogens is 5. The van der Waals surface area contributed by atoms with Gasteiger partial charge in [0.2, 0.25) is 0 Å². The second-order valence-electron chi connectivity index (χ2n) is 4.79. The first kappa shape index (κ1) is 18.6. The molecule has 1 heterocycles. The number of aliphatic hydroxyl groups is 1. The van der Waals surface area contributed by atoms with Crippen molar-refractivity contribution in [3.63, 3.8) is 0 Å². The monoisotopic (exact) mass is 366 g/mol. The molecule has 1 aromatic carbocycles. The third-order valence-corrected chi connectivity index (χ3v) is 3.11. The van der Waals surface area contributed by atoms with Gasteiger partial charge in [-0.3, -0.25) is 14.5 Å². The molecule has 11 heteroatoms. The summed E-state index contributed by atoms with van der Waals surface area (Å²) in [5, 5.41) is 11.1. The van der Waals surface area contributed by atoms with E-state index in [-0.39, 0.29) is 17.9 Å². The van der Waals surface area contributed by atoms with Crippen molar-refractivity contribution in [3.05, 3.63) is 35.5 Å². The first-order valence-corrected chi connectivity index (χ1v) is 6.75. The summed E-state index contributed by atoms with van der Waals surface area (Å²) in [6.07, 6.45) is -4.12. The van der Waals surface area contributed by atoms with Gasteiger partial charge in [-0.1, -0.05) is 0 Å². The van der Waals surface area contributed by atoms with Crippen LogP contribution in [-0.4, -0.2) is 41.6 Å². The molecule has 2 N–H and O–H groups in total. The van der Waals surface area contributed by atoms with Crippen LogP contribution in [0.4, 0.5) is 27.6 Å². The van der Waals surface area contributed by atoms with Gasteiger partial charge in [0.25, 0.3) is 11.8 Å². The number of β-amino-alcohol motifs (C(OH)–C–C–N with tert-alkyl or cyclic N) is 1. The Morgan fingerprint density at radius 2 is 1.92 bits per heavy atom. The number of nitrogens with one attached hydrogen (secondary N) is 1. The molecule has 0 radical (unpaired) electrons. The highest BCUT2D eigenvalue weighted by molar-refractivity contribution is 6.17. The van der Waals surface area contributed by atoms with Crippen LogP contribution >= 0.6 is 0 Å². The van der Waals surface area contributed by atoms with Gasteiger partial charge in [0, 0.05) is 11.8 Å². The molecule has 2 amide bonds. The van der Waals surface area contributed by atoms with Gasteiger partial charge in [-0.25, -0.2) is 0 Å². The van der Waals surface area contributed by atoms with Gasteiger partial charge in [-0.15, -0.1) is 0 Å². The Balaban J connectivity index is 2.28. The summed E-state index contributed by atoms with van der Waals surface area (Å²) in [5.74, 6) is -2.64. The Kier molecular flexibility index (Phi) is 5.26. The maximum Gasteiger partial charge on any atom is 0.420 e. The molecule has 0 saturated heterocycles. The molecule has 1 aromatic rings. The first-order valence-electron chi connectivity index (χ1n) is 6.75. The molecule has 25 heavy (non-hydrogen) atoms. The van der Waals surface area contributed by atoms with E-state index in [1.165, 1.54) is 0 Å². The molecular formula is C14H11F5N2O4. The number of amides is 2. The fraction of sp³-hybridized carbons (Fsp3) is 0.286. The molecule has 0 aromatic heterocycles. The number of nitrogens with zero attached hydrogens (tertiary/aromatic N) is 1. The Bertz CT molecular complexity index is 718. The van der Waals surface area contributed by atoms with Crippen molar-refractivity contribution in [1.82, 2.24) is 4.90 Å². The van der Waals surface area contributed by atoms with Gasteiger partial charge in [0.1, 0.15) is 11.4 Å². The van der Waals surface area contributed by atoms with Gasteiger partial charge in [0.15, 0.2) is 0 Å². The summed E-state index contributed by atoms with van der Waals surface area (Å²) in [6.45, 7) is -4.19. The van der Waals surface area contributed by atoms with Crippen molar-refractivity contribution >= 4 is 17.5 Å². The van der Waals surface area contributed by atoms with Crippen LogP contribution in [0, 0.1) is 0 Å².